The zero-order valence-electron chi connectivity index (χ0n) is 26.0. The van der Waals surface area contributed by atoms with E-state index in [0.29, 0.717) is 11.5 Å². The van der Waals surface area contributed by atoms with Crippen molar-refractivity contribution in [1.82, 2.24) is 9.55 Å². The van der Waals surface area contributed by atoms with Gasteiger partial charge in [-0.1, -0.05) is 79.3 Å². The molecule has 0 aliphatic carbocycles. The van der Waals surface area contributed by atoms with Gasteiger partial charge in [0.15, 0.2) is 0 Å². The van der Waals surface area contributed by atoms with Crippen molar-refractivity contribution in [2.75, 3.05) is 9.80 Å². The van der Waals surface area contributed by atoms with E-state index >= 15 is 0 Å². The van der Waals surface area contributed by atoms with E-state index in [1.807, 2.05) is 24.4 Å². The number of hydrogen-bond acceptors (Lipinski definition) is 5. The minimum absolute atomic E-state index is 0. The summed E-state index contributed by atoms with van der Waals surface area (Å²) in [6.07, 6.45) is 1.90. The summed E-state index contributed by atoms with van der Waals surface area (Å²) in [5.74, 6) is 2.13. The predicted molar refractivity (Wildman–Crippen MR) is 187 cm³/mol. The summed E-state index contributed by atoms with van der Waals surface area (Å²) in [5, 5.41) is 2.26. The molecule has 0 radical (unpaired) electrons. The molecule has 0 amide bonds. The van der Waals surface area contributed by atoms with E-state index in [1.165, 1.54) is 16.1 Å². The molecule has 5 aromatic carbocycles. The summed E-state index contributed by atoms with van der Waals surface area (Å²) in [5.41, 5.74) is 7.65. The SMILES string of the molecule is CC(C)(C)c1ccnc(-n2c3[c-]c(Oc4[c-]c5c(cc4)Sc4cccc6c4N5[CH-]N6c4ccccc4)ccc3c3ccccc32)c1.[Pt]. The van der Waals surface area contributed by atoms with Crippen LogP contribution >= 0.6 is 11.8 Å². The average molecular weight is 809 g/mol. The second kappa shape index (κ2) is 11.3. The van der Waals surface area contributed by atoms with Crippen LogP contribution in [-0.2, 0) is 26.5 Å². The molecule has 0 atom stereocenters. The first-order valence-electron chi connectivity index (χ1n) is 15.4. The number of nitrogens with zero attached hydrogens (tertiary/aromatic N) is 4. The molecule has 2 aliphatic heterocycles. The molecule has 4 heterocycles. The van der Waals surface area contributed by atoms with Gasteiger partial charge in [0.05, 0.1) is 0 Å². The van der Waals surface area contributed by atoms with Gasteiger partial charge in [-0.15, -0.1) is 36.3 Å². The monoisotopic (exact) mass is 808 g/mol. The maximum atomic E-state index is 6.52. The van der Waals surface area contributed by atoms with E-state index in [9.17, 15) is 0 Å². The Morgan fingerprint density at radius 1 is 0.745 bits per heavy atom. The van der Waals surface area contributed by atoms with Crippen molar-refractivity contribution in [3.8, 4) is 17.3 Å². The summed E-state index contributed by atoms with van der Waals surface area (Å²) in [6.45, 7) is 8.82. The van der Waals surface area contributed by atoms with Gasteiger partial charge in [0.25, 0.3) is 0 Å². The number of pyridine rings is 1. The van der Waals surface area contributed by atoms with Crippen LogP contribution in [0.2, 0.25) is 0 Å². The van der Waals surface area contributed by atoms with E-state index in [0.717, 1.165) is 49.6 Å². The molecule has 0 spiro atoms. The van der Waals surface area contributed by atoms with E-state index in [1.54, 1.807) is 11.8 Å². The zero-order chi connectivity index (χ0) is 31.0. The number of rotatable bonds is 4. The fraction of sp³-hybridized carbons (Fsp3) is 0.100. The van der Waals surface area contributed by atoms with Crippen LogP contribution in [0.1, 0.15) is 26.3 Å². The van der Waals surface area contributed by atoms with Crippen LogP contribution in [0.15, 0.2) is 125 Å². The summed E-state index contributed by atoms with van der Waals surface area (Å²) in [4.78, 5) is 11.6. The number of aromatic nitrogens is 2. The molecule has 2 aromatic heterocycles. The largest absolute Gasteiger partial charge is 0.509 e. The Bertz CT molecular complexity index is 2310. The van der Waals surface area contributed by atoms with Gasteiger partial charge in [-0.05, 0) is 58.8 Å². The van der Waals surface area contributed by atoms with Gasteiger partial charge in [-0.25, -0.2) is 4.98 Å². The summed E-state index contributed by atoms with van der Waals surface area (Å²) in [6, 6.07) is 45.1. The van der Waals surface area contributed by atoms with Crippen LogP contribution in [0, 0.1) is 18.8 Å². The molecule has 234 valence electrons. The topological polar surface area (TPSA) is 33.5 Å². The molecule has 0 fully saturated rings. The van der Waals surface area contributed by atoms with Gasteiger partial charge in [0.2, 0.25) is 0 Å². The smallest absolute Gasteiger partial charge is 0.135 e. The van der Waals surface area contributed by atoms with E-state index in [2.05, 4.69) is 145 Å². The van der Waals surface area contributed by atoms with Crippen LogP contribution in [0.25, 0.3) is 27.6 Å². The van der Waals surface area contributed by atoms with Gasteiger partial charge in [0, 0.05) is 66.2 Å². The van der Waals surface area contributed by atoms with E-state index in [-0.39, 0.29) is 26.5 Å². The van der Waals surface area contributed by atoms with Crippen molar-refractivity contribution in [3.05, 3.63) is 140 Å². The second-order valence-electron chi connectivity index (χ2n) is 12.6. The fourth-order valence-electron chi connectivity index (χ4n) is 6.42. The molecule has 5 nitrogen and oxygen atoms in total. The zero-order valence-corrected chi connectivity index (χ0v) is 29.1. The number of anilines is 4. The molecule has 2 aliphatic rings. The predicted octanol–water partition coefficient (Wildman–Crippen LogP) is 10.7. The molecule has 0 N–H and O–H groups in total. The first-order valence-corrected chi connectivity index (χ1v) is 16.2. The van der Waals surface area contributed by atoms with Crippen molar-refractivity contribution in [2.45, 2.75) is 36.0 Å². The molecule has 0 bridgehead atoms. The van der Waals surface area contributed by atoms with Crippen molar-refractivity contribution >= 4 is 56.3 Å². The first-order chi connectivity index (χ1) is 22.4. The van der Waals surface area contributed by atoms with E-state index < -0.39 is 0 Å². The number of ether oxygens (including phenoxy) is 1. The third-order valence-corrected chi connectivity index (χ3v) is 9.78. The summed E-state index contributed by atoms with van der Waals surface area (Å²) in [7, 11) is 0. The Hall–Kier alpha value is -4.51. The Morgan fingerprint density at radius 2 is 1.53 bits per heavy atom. The third-order valence-electron chi connectivity index (χ3n) is 8.68. The summed E-state index contributed by atoms with van der Waals surface area (Å²) >= 11 is 1.77. The van der Waals surface area contributed by atoms with Gasteiger partial charge >= 0.3 is 0 Å². The van der Waals surface area contributed by atoms with Gasteiger partial charge in [-0.3, -0.25) is 0 Å². The molecule has 0 saturated heterocycles. The molecule has 7 aromatic rings. The van der Waals surface area contributed by atoms with Crippen molar-refractivity contribution in [1.29, 1.82) is 0 Å². The van der Waals surface area contributed by atoms with Crippen LogP contribution in [0.4, 0.5) is 22.7 Å². The van der Waals surface area contributed by atoms with Gasteiger partial charge in [0.1, 0.15) is 5.82 Å². The first kappa shape index (κ1) is 29.9. The van der Waals surface area contributed by atoms with Crippen molar-refractivity contribution in [3.63, 3.8) is 0 Å². The number of para-hydroxylation sites is 3. The normalized spacial score (nSPS) is 13.4. The summed E-state index contributed by atoms with van der Waals surface area (Å²) < 4.78 is 8.71. The minimum Gasteiger partial charge on any atom is -0.509 e. The quantitative estimate of drug-likeness (QED) is 0.166. The molecular weight excluding hydrogens is 780 g/mol. The molecular formula is C40H29N4OPtS-3. The maximum absolute atomic E-state index is 6.52. The van der Waals surface area contributed by atoms with E-state index in [4.69, 9.17) is 9.72 Å². The third kappa shape index (κ3) is 4.94. The molecule has 47 heavy (non-hydrogen) atoms. The molecule has 0 saturated carbocycles. The Balaban J connectivity index is 0.00000324. The van der Waals surface area contributed by atoms with Crippen LogP contribution < -0.4 is 14.5 Å². The van der Waals surface area contributed by atoms with Crippen molar-refractivity contribution in [2.24, 2.45) is 0 Å². The number of benzene rings is 5. The van der Waals surface area contributed by atoms with Crippen LogP contribution in [0.5, 0.6) is 11.5 Å². The molecule has 7 heteroatoms. The Morgan fingerprint density at radius 3 is 2.38 bits per heavy atom. The van der Waals surface area contributed by atoms with Gasteiger partial charge in [-0.2, -0.15) is 23.9 Å². The van der Waals surface area contributed by atoms with Crippen LogP contribution in [0.3, 0.4) is 0 Å². The standard InChI is InChI=1S/C40H29N4OS.Pt/c1-40(2,3)26-20-21-41-38(22-26)44-32-13-8-7-12-30(32)31-18-16-28(23-34(31)44)45-29-17-19-36-35(24-29)43-25-42(27-10-5-4-6-11-27)33-14-9-15-37(46-36)39(33)43;/h4-22,25H,1-3H3;/q-3;. The number of fused-ring (bicyclic) bond motifs is 5. The minimum atomic E-state index is 0. The number of hydrogen-bond donors (Lipinski definition) is 0. The Kier molecular flexibility index (Phi) is 7.20. The molecule has 9 rings (SSSR count). The van der Waals surface area contributed by atoms with Gasteiger partial charge < -0.3 is 19.1 Å². The molecule has 0 unspecified atom stereocenters. The van der Waals surface area contributed by atoms with Crippen molar-refractivity contribution < 1.29 is 25.8 Å². The Labute approximate surface area is 293 Å². The fourth-order valence-corrected chi connectivity index (χ4v) is 7.48. The second-order valence-corrected chi connectivity index (χ2v) is 13.7. The van der Waals surface area contributed by atoms with Crippen LogP contribution in [-0.4, -0.2) is 9.55 Å². The average Bonchev–Trinajstić information content (AvgIpc) is 3.62. The maximum Gasteiger partial charge on any atom is 0.135 e.